The topological polar surface area (TPSA) is 75.4 Å². The van der Waals surface area contributed by atoms with Crippen LogP contribution in [0.2, 0.25) is 0 Å². The van der Waals surface area contributed by atoms with E-state index in [-0.39, 0.29) is 5.60 Å². The third kappa shape index (κ3) is 2.61. The van der Waals surface area contributed by atoms with E-state index in [4.69, 9.17) is 4.84 Å². The molecular formula is C10H16N4O2S. The van der Waals surface area contributed by atoms with Crippen molar-refractivity contribution in [3.05, 3.63) is 11.6 Å². The first kappa shape index (κ1) is 12.4. The van der Waals surface area contributed by atoms with Crippen molar-refractivity contribution >= 4 is 16.2 Å². The molecule has 0 spiro atoms. The van der Waals surface area contributed by atoms with Crippen molar-refractivity contribution in [1.29, 1.82) is 0 Å². The van der Waals surface area contributed by atoms with Crippen molar-refractivity contribution in [3.8, 4) is 0 Å². The zero-order chi connectivity index (χ0) is 12.6. The second-order valence-corrected chi connectivity index (χ2v) is 6.18. The Bertz CT molecular complexity index is 455. The number of rotatable bonds is 2. The molecule has 17 heavy (non-hydrogen) atoms. The normalized spacial score (nSPS) is 19.9. The molecular weight excluding hydrogens is 240 g/mol. The lowest BCUT2D eigenvalue weighted by Crippen LogP contribution is -2.24. The van der Waals surface area contributed by atoms with Crippen molar-refractivity contribution < 1.29 is 9.39 Å². The maximum Gasteiger partial charge on any atom is 0.259 e. The van der Waals surface area contributed by atoms with Crippen molar-refractivity contribution in [2.45, 2.75) is 38.5 Å². The smallest absolute Gasteiger partial charge is 0.259 e. The Morgan fingerprint density at radius 3 is 2.65 bits per heavy atom. The van der Waals surface area contributed by atoms with E-state index in [0.717, 1.165) is 5.82 Å². The highest BCUT2D eigenvalue weighted by Gasteiger charge is 2.36. The molecule has 0 bridgehead atoms. The van der Waals surface area contributed by atoms with Crippen LogP contribution in [0, 0.1) is 6.92 Å². The van der Waals surface area contributed by atoms with Crippen LogP contribution in [-0.4, -0.2) is 30.0 Å². The first-order valence-corrected chi connectivity index (χ1v) is 6.69. The number of hydrogen-bond donors (Lipinski definition) is 0. The highest BCUT2D eigenvalue weighted by atomic mass is 32.2. The van der Waals surface area contributed by atoms with E-state index >= 15 is 0 Å². The minimum atomic E-state index is -1.19. The van der Waals surface area contributed by atoms with Gasteiger partial charge in [0.25, 0.3) is 5.04 Å². The van der Waals surface area contributed by atoms with E-state index in [1.807, 2.05) is 32.4 Å². The van der Waals surface area contributed by atoms with E-state index in [9.17, 15) is 4.55 Å². The van der Waals surface area contributed by atoms with Gasteiger partial charge in [-0.15, -0.1) is 10.2 Å². The summed E-state index contributed by atoms with van der Waals surface area (Å²) in [6.07, 6.45) is 0.594. The lowest BCUT2D eigenvalue weighted by molar-refractivity contribution is 0.0123. The molecule has 2 rings (SSSR count). The fraction of sp³-hybridized carbons (Fsp3) is 0.700. The Kier molecular flexibility index (Phi) is 3.13. The molecule has 0 aromatic carbocycles. The van der Waals surface area contributed by atoms with Gasteiger partial charge in [-0.05, 0) is 25.9 Å². The summed E-state index contributed by atoms with van der Waals surface area (Å²) in [4.78, 5) is 5.20. The highest BCUT2D eigenvalue weighted by molar-refractivity contribution is 8.05. The SMILES string of the molecule is Cc1nnc(C[S+]([O-])C2=NOC(C)(C)C2)n1C. The zero-order valence-corrected chi connectivity index (χ0v) is 11.2. The molecule has 0 N–H and O–H groups in total. The van der Waals surface area contributed by atoms with Gasteiger partial charge in [-0.25, -0.2) is 0 Å². The van der Waals surface area contributed by atoms with Crippen LogP contribution in [0.3, 0.4) is 0 Å². The molecule has 0 saturated heterocycles. The summed E-state index contributed by atoms with van der Waals surface area (Å²) in [5.74, 6) is 1.84. The first-order chi connectivity index (χ1) is 7.89. The van der Waals surface area contributed by atoms with E-state index in [1.54, 1.807) is 0 Å². The van der Waals surface area contributed by atoms with Gasteiger partial charge in [0.1, 0.15) is 11.4 Å². The number of aromatic nitrogens is 3. The molecule has 1 aromatic heterocycles. The van der Waals surface area contributed by atoms with Crippen LogP contribution < -0.4 is 0 Å². The zero-order valence-electron chi connectivity index (χ0n) is 10.4. The van der Waals surface area contributed by atoms with Gasteiger partial charge < -0.3 is 14.0 Å². The van der Waals surface area contributed by atoms with Gasteiger partial charge in [0, 0.05) is 18.2 Å². The second-order valence-electron chi connectivity index (χ2n) is 4.73. The summed E-state index contributed by atoms with van der Waals surface area (Å²) in [5.41, 5.74) is -0.346. The van der Waals surface area contributed by atoms with E-state index in [2.05, 4.69) is 15.4 Å². The van der Waals surface area contributed by atoms with Crippen LogP contribution in [0.4, 0.5) is 0 Å². The fourth-order valence-corrected chi connectivity index (χ4v) is 2.78. The maximum atomic E-state index is 12.1. The predicted molar refractivity (Wildman–Crippen MR) is 64.8 cm³/mol. The number of nitrogens with zero attached hydrogens (tertiary/aromatic N) is 4. The molecule has 0 fully saturated rings. The average Bonchev–Trinajstić information content (AvgIpc) is 2.75. The summed E-state index contributed by atoms with van der Waals surface area (Å²) >= 11 is -1.19. The molecule has 0 saturated carbocycles. The van der Waals surface area contributed by atoms with E-state index in [0.29, 0.717) is 23.0 Å². The highest BCUT2D eigenvalue weighted by Crippen LogP contribution is 2.25. The van der Waals surface area contributed by atoms with Gasteiger partial charge in [0.15, 0.2) is 11.6 Å². The monoisotopic (exact) mass is 256 g/mol. The maximum absolute atomic E-state index is 12.1. The van der Waals surface area contributed by atoms with E-state index in [1.165, 1.54) is 0 Å². The molecule has 0 radical (unpaired) electrons. The van der Waals surface area contributed by atoms with Gasteiger partial charge in [-0.3, -0.25) is 0 Å². The second kappa shape index (κ2) is 4.30. The molecule has 1 unspecified atom stereocenters. The van der Waals surface area contributed by atoms with Crippen LogP contribution >= 0.6 is 0 Å². The number of aryl methyl sites for hydroxylation is 1. The summed E-state index contributed by atoms with van der Waals surface area (Å²) in [6.45, 7) is 5.71. The molecule has 2 heterocycles. The summed E-state index contributed by atoms with van der Waals surface area (Å²) in [7, 11) is 1.86. The number of hydrogen-bond acceptors (Lipinski definition) is 5. The Morgan fingerprint density at radius 1 is 1.47 bits per heavy atom. The summed E-state index contributed by atoms with van der Waals surface area (Å²) in [6, 6.07) is 0. The Labute approximate surface area is 103 Å². The average molecular weight is 256 g/mol. The van der Waals surface area contributed by atoms with Gasteiger partial charge in [0.05, 0.1) is 6.42 Å². The Balaban J connectivity index is 2.03. The third-order valence-corrected chi connectivity index (χ3v) is 3.94. The molecule has 7 heteroatoms. The van der Waals surface area contributed by atoms with Gasteiger partial charge in [-0.1, -0.05) is 0 Å². The van der Waals surface area contributed by atoms with Crippen LogP contribution in [0.5, 0.6) is 0 Å². The quantitative estimate of drug-likeness (QED) is 0.736. The molecule has 1 aliphatic heterocycles. The van der Waals surface area contributed by atoms with Crippen LogP contribution in [0.25, 0.3) is 0 Å². The van der Waals surface area contributed by atoms with Crippen molar-refractivity contribution in [2.75, 3.05) is 0 Å². The molecule has 6 nitrogen and oxygen atoms in total. The van der Waals surface area contributed by atoms with Crippen LogP contribution in [0.1, 0.15) is 31.9 Å². The standard InChI is InChI=1S/C10H16N4O2S/c1-7-11-12-8(14(7)4)6-17(15)9-5-10(2,3)16-13-9/h5-6H2,1-4H3. The molecule has 1 aromatic rings. The molecule has 0 aliphatic carbocycles. The molecule has 1 aliphatic rings. The van der Waals surface area contributed by atoms with Crippen molar-refractivity contribution in [1.82, 2.24) is 14.8 Å². The van der Waals surface area contributed by atoms with Crippen molar-refractivity contribution in [2.24, 2.45) is 12.2 Å². The lowest BCUT2D eigenvalue weighted by Gasteiger charge is -2.13. The molecule has 94 valence electrons. The van der Waals surface area contributed by atoms with Gasteiger partial charge in [0.2, 0.25) is 0 Å². The van der Waals surface area contributed by atoms with E-state index < -0.39 is 11.2 Å². The Morgan fingerprint density at radius 2 is 2.18 bits per heavy atom. The third-order valence-electron chi connectivity index (χ3n) is 2.68. The molecule has 1 atom stereocenters. The van der Waals surface area contributed by atoms with Gasteiger partial charge in [-0.2, -0.15) is 0 Å². The lowest BCUT2D eigenvalue weighted by atomic mass is 10.1. The number of oxime groups is 1. The minimum Gasteiger partial charge on any atom is -0.610 e. The molecule has 0 amide bonds. The fourth-order valence-electron chi connectivity index (χ4n) is 1.50. The summed E-state index contributed by atoms with van der Waals surface area (Å²) in [5, 5.41) is 12.4. The minimum absolute atomic E-state index is 0.329. The van der Waals surface area contributed by atoms with Crippen LogP contribution in [-0.2, 0) is 28.8 Å². The van der Waals surface area contributed by atoms with Crippen molar-refractivity contribution in [3.63, 3.8) is 0 Å². The van der Waals surface area contributed by atoms with Gasteiger partial charge >= 0.3 is 0 Å². The summed E-state index contributed by atoms with van der Waals surface area (Å²) < 4.78 is 13.9. The Hall–Kier alpha value is -1.08. The predicted octanol–water partition coefficient (Wildman–Crippen LogP) is 0.885. The largest absolute Gasteiger partial charge is 0.610 e. The first-order valence-electron chi connectivity index (χ1n) is 5.37. The van der Waals surface area contributed by atoms with Crippen LogP contribution in [0.15, 0.2) is 5.16 Å².